The quantitative estimate of drug-likeness (QED) is 0.820. The molecule has 0 radical (unpaired) electrons. The summed E-state index contributed by atoms with van der Waals surface area (Å²) in [4.78, 5) is 0. The zero-order valence-electron chi connectivity index (χ0n) is 9.20. The van der Waals surface area contributed by atoms with Crippen LogP contribution in [0.25, 0.3) is 0 Å². The van der Waals surface area contributed by atoms with E-state index in [1.807, 2.05) is 25.1 Å². The molecule has 1 saturated carbocycles. The van der Waals surface area contributed by atoms with Gasteiger partial charge < -0.3 is 9.84 Å². The van der Waals surface area contributed by atoms with Gasteiger partial charge in [-0.2, -0.15) is 0 Å². The summed E-state index contributed by atoms with van der Waals surface area (Å²) in [7, 11) is 0. The van der Waals surface area contributed by atoms with Gasteiger partial charge in [-0.15, -0.1) is 0 Å². The van der Waals surface area contributed by atoms with E-state index in [-0.39, 0.29) is 6.61 Å². The van der Waals surface area contributed by atoms with Crippen LogP contribution in [-0.2, 0) is 6.61 Å². The molecule has 1 N–H and O–H groups in total. The molecular formula is C13H18O2. The molecular weight excluding hydrogens is 188 g/mol. The maximum Gasteiger partial charge on any atom is 0.124 e. The van der Waals surface area contributed by atoms with Crippen LogP contribution in [0.15, 0.2) is 18.2 Å². The first-order chi connectivity index (χ1) is 7.29. The average Bonchev–Trinajstić information content (AvgIpc) is 2.17. The highest BCUT2D eigenvalue weighted by Gasteiger charge is 2.18. The molecule has 0 saturated heterocycles. The third-order valence-electron chi connectivity index (χ3n) is 3.09. The zero-order valence-corrected chi connectivity index (χ0v) is 9.20. The average molecular weight is 206 g/mol. The van der Waals surface area contributed by atoms with E-state index >= 15 is 0 Å². The summed E-state index contributed by atoms with van der Waals surface area (Å²) in [5.74, 6) is 1.58. The molecule has 2 heteroatoms. The summed E-state index contributed by atoms with van der Waals surface area (Å²) in [5, 5.41) is 9.20. The molecule has 82 valence electrons. The molecule has 0 bridgehead atoms. The van der Waals surface area contributed by atoms with Gasteiger partial charge in [0.15, 0.2) is 0 Å². The van der Waals surface area contributed by atoms with Crippen LogP contribution in [0.1, 0.15) is 30.4 Å². The molecule has 0 aliphatic heterocycles. The lowest BCUT2D eigenvalue weighted by Crippen LogP contribution is -2.19. The lowest BCUT2D eigenvalue weighted by atomic mass is 9.86. The highest BCUT2D eigenvalue weighted by atomic mass is 16.5. The summed E-state index contributed by atoms with van der Waals surface area (Å²) in [6.07, 6.45) is 3.93. The minimum Gasteiger partial charge on any atom is -0.493 e. The van der Waals surface area contributed by atoms with Crippen LogP contribution in [0.2, 0.25) is 0 Å². The summed E-state index contributed by atoms with van der Waals surface area (Å²) in [5.41, 5.74) is 2.06. The van der Waals surface area contributed by atoms with E-state index in [2.05, 4.69) is 0 Å². The lowest BCUT2D eigenvalue weighted by molar-refractivity contribution is 0.175. The molecule has 1 aliphatic rings. The number of hydrogen-bond donors (Lipinski definition) is 1. The van der Waals surface area contributed by atoms with Crippen molar-refractivity contribution in [3.8, 4) is 5.75 Å². The summed E-state index contributed by atoms with van der Waals surface area (Å²) >= 11 is 0. The maximum absolute atomic E-state index is 9.20. The predicted octanol–water partition coefficient (Wildman–Crippen LogP) is 2.67. The van der Waals surface area contributed by atoms with Crippen molar-refractivity contribution in [3.05, 3.63) is 29.3 Å². The first kappa shape index (κ1) is 10.5. The standard InChI is InChI=1S/C13H18O2/c1-10-5-6-13(12(7-10)8-14)15-9-11-3-2-4-11/h5-7,11,14H,2-4,8-9H2,1H3. The summed E-state index contributed by atoms with van der Waals surface area (Å²) in [6, 6.07) is 5.96. The van der Waals surface area contributed by atoms with E-state index in [0.29, 0.717) is 0 Å². The molecule has 0 spiro atoms. The third-order valence-corrected chi connectivity index (χ3v) is 3.09. The van der Waals surface area contributed by atoms with Crippen LogP contribution in [-0.4, -0.2) is 11.7 Å². The molecule has 0 heterocycles. The molecule has 0 aromatic heterocycles. The van der Waals surface area contributed by atoms with Crippen molar-refractivity contribution in [2.45, 2.75) is 32.8 Å². The molecule has 1 aromatic rings. The first-order valence-electron chi connectivity index (χ1n) is 5.63. The van der Waals surface area contributed by atoms with Crippen molar-refractivity contribution >= 4 is 0 Å². The molecule has 0 unspecified atom stereocenters. The Bertz CT molecular complexity index is 329. The summed E-state index contributed by atoms with van der Waals surface area (Å²) in [6.45, 7) is 2.88. The van der Waals surface area contributed by atoms with Crippen molar-refractivity contribution in [1.29, 1.82) is 0 Å². The van der Waals surface area contributed by atoms with Crippen molar-refractivity contribution in [2.75, 3.05) is 6.61 Å². The SMILES string of the molecule is Cc1ccc(OCC2CCC2)c(CO)c1. The van der Waals surface area contributed by atoms with Crippen LogP contribution in [0.3, 0.4) is 0 Å². The Morgan fingerprint density at radius 2 is 2.20 bits per heavy atom. The summed E-state index contributed by atoms with van der Waals surface area (Å²) < 4.78 is 5.73. The maximum atomic E-state index is 9.20. The Kier molecular flexibility index (Phi) is 3.27. The van der Waals surface area contributed by atoms with Gasteiger partial charge in [0.05, 0.1) is 13.2 Å². The van der Waals surface area contributed by atoms with Crippen molar-refractivity contribution in [2.24, 2.45) is 5.92 Å². The second-order valence-electron chi connectivity index (χ2n) is 4.38. The first-order valence-corrected chi connectivity index (χ1v) is 5.63. The topological polar surface area (TPSA) is 29.5 Å². The second-order valence-corrected chi connectivity index (χ2v) is 4.38. The Morgan fingerprint density at radius 1 is 1.40 bits per heavy atom. The Morgan fingerprint density at radius 3 is 2.80 bits per heavy atom. The molecule has 15 heavy (non-hydrogen) atoms. The van der Waals surface area contributed by atoms with Gasteiger partial charge in [0.1, 0.15) is 5.75 Å². The fraction of sp³-hybridized carbons (Fsp3) is 0.538. The smallest absolute Gasteiger partial charge is 0.124 e. The number of rotatable bonds is 4. The lowest BCUT2D eigenvalue weighted by Gasteiger charge is -2.25. The number of aliphatic hydroxyl groups excluding tert-OH is 1. The van der Waals surface area contributed by atoms with Gasteiger partial charge >= 0.3 is 0 Å². The van der Waals surface area contributed by atoms with Crippen LogP contribution < -0.4 is 4.74 Å². The monoisotopic (exact) mass is 206 g/mol. The van der Waals surface area contributed by atoms with Gasteiger partial charge in [0, 0.05) is 5.56 Å². The molecule has 2 nitrogen and oxygen atoms in total. The minimum absolute atomic E-state index is 0.0572. The van der Waals surface area contributed by atoms with E-state index in [1.165, 1.54) is 19.3 Å². The predicted molar refractivity (Wildman–Crippen MR) is 59.9 cm³/mol. The molecule has 2 rings (SSSR count). The largest absolute Gasteiger partial charge is 0.493 e. The fourth-order valence-corrected chi connectivity index (χ4v) is 1.84. The fourth-order valence-electron chi connectivity index (χ4n) is 1.84. The number of aryl methyl sites for hydroxylation is 1. The van der Waals surface area contributed by atoms with Crippen LogP contribution >= 0.6 is 0 Å². The molecule has 1 fully saturated rings. The minimum atomic E-state index is 0.0572. The van der Waals surface area contributed by atoms with Gasteiger partial charge in [-0.25, -0.2) is 0 Å². The normalized spacial score (nSPS) is 16.1. The zero-order chi connectivity index (χ0) is 10.7. The van der Waals surface area contributed by atoms with E-state index in [4.69, 9.17) is 4.74 Å². The molecule has 0 amide bonds. The van der Waals surface area contributed by atoms with E-state index < -0.39 is 0 Å². The number of ether oxygens (including phenoxy) is 1. The van der Waals surface area contributed by atoms with Gasteiger partial charge in [0.2, 0.25) is 0 Å². The van der Waals surface area contributed by atoms with Gasteiger partial charge in [-0.05, 0) is 31.7 Å². The van der Waals surface area contributed by atoms with E-state index in [1.54, 1.807) is 0 Å². The number of hydrogen-bond acceptors (Lipinski definition) is 2. The van der Waals surface area contributed by atoms with Crippen molar-refractivity contribution < 1.29 is 9.84 Å². The number of benzene rings is 1. The Hall–Kier alpha value is -1.02. The van der Waals surface area contributed by atoms with Gasteiger partial charge in [0.25, 0.3) is 0 Å². The van der Waals surface area contributed by atoms with Gasteiger partial charge in [-0.1, -0.05) is 24.1 Å². The van der Waals surface area contributed by atoms with Crippen LogP contribution in [0, 0.1) is 12.8 Å². The van der Waals surface area contributed by atoms with Crippen LogP contribution in [0.4, 0.5) is 0 Å². The molecule has 1 aliphatic carbocycles. The van der Waals surface area contributed by atoms with Crippen LogP contribution in [0.5, 0.6) is 5.75 Å². The van der Waals surface area contributed by atoms with E-state index in [0.717, 1.165) is 29.4 Å². The molecule has 1 aromatic carbocycles. The highest BCUT2D eigenvalue weighted by Crippen LogP contribution is 2.28. The third kappa shape index (κ3) is 2.51. The molecule has 0 atom stereocenters. The highest BCUT2D eigenvalue weighted by molar-refractivity contribution is 5.36. The van der Waals surface area contributed by atoms with Crippen molar-refractivity contribution in [1.82, 2.24) is 0 Å². The van der Waals surface area contributed by atoms with Crippen molar-refractivity contribution in [3.63, 3.8) is 0 Å². The Balaban J connectivity index is 1.99. The van der Waals surface area contributed by atoms with E-state index in [9.17, 15) is 5.11 Å². The second kappa shape index (κ2) is 4.67. The van der Waals surface area contributed by atoms with Gasteiger partial charge in [-0.3, -0.25) is 0 Å². The number of aliphatic hydroxyl groups is 1. The Labute approximate surface area is 90.9 Å².